The highest BCUT2D eigenvalue weighted by atomic mass is 16.2. The van der Waals surface area contributed by atoms with E-state index in [0.29, 0.717) is 17.4 Å². The number of carbonyl (C=O) groups is 2. The van der Waals surface area contributed by atoms with Gasteiger partial charge in [0, 0.05) is 56.4 Å². The van der Waals surface area contributed by atoms with E-state index in [2.05, 4.69) is 25.8 Å². The maximum atomic E-state index is 12.4. The summed E-state index contributed by atoms with van der Waals surface area (Å²) in [5.41, 5.74) is 0.313. The first kappa shape index (κ1) is 18.1. The number of aromatic nitrogens is 1. The first-order valence-electron chi connectivity index (χ1n) is 8.73. The standard InChI is InChI=1S/C18H23N5O3/c24-16(20-7-10-23-8-5-19-6-9-23)12-22-18(26)14-11-21-15-4-2-1-3-13(15)17(14)25/h1-4,11,19H,5-10,12H2,(H,20,24)(H,21,25)(H,22,26). The molecule has 1 aliphatic rings. The number of carbonyl (C=O) groups excluding carboxylic acids is 2. The SMILES string of the molecule is O=C(CNC(=O)c1c[nH]c2ccccc2c1=O)NCCN1CCNCC1. The lowest BCUT2D eigenvalue weighted by Crippen LogP contribution is -2.47. The molecule has 26 heavy (non-hydrogen) atoms. The van der Waals surface area contributed by atoms with Crippen molar-refractivity contribution in [2.75, 3.05) is 45.8 Å². The zero-order valence-corrected chi connectivity index (χ0v) is 14.5. The van der Waals surface area contributed by atoms with Crippen LogP contribution in [0.25, 0.3) is 10.9 Å². The second-order valence-electron chi connectivity index (χ2n) is 6.20. The minimum Gasteiger partial charge on any atom is -0.360 e. The molecule has 8 nitrogen and oxygen atoms in total. The van der Waals surface area contributed by atoms with Crippen molar-refractivity contribution in [1.29, 1.82) is 0 Å². The number of rotatable bonds is 6. The van der Waals surface area contributed by atoms with Crippen molar-refractivity contribution >= 4 is 22.7 Å². The number of para-hydroxylation sites is 1. The van der Waals surface area contributed by atoms with Gasteiger partial charge in [-0.2, -0.15) is 0 Å². The summed E-state index contributed by atoms with van der Waals surface area (Å²) in [5, 5.41) is 9.00. The lowest BCUT2D eigenvalue weighted by atomic mass is 10.1. The summed E-state index contributed by atoms with van der Waals surface area (Å²) in [6.07, 6.45) is 1.38. The molecule has 1 aliphatic heterocycles. The molecule has 138 valence electrons. The third-order valence-corrected chi connectivity index (χ3v) is 4.40. The molecule has 2 amide bonds. The molecule has 0 radical (unpaired) electrons. The average molecular weight is 357 g/mol. The molecule has 2 heterocycles. The van der Waals surface area contributed by atoms with Crippen LogP contribution in [-0.2, 0) is 4.79 Å². The van der Waals surface area contributed by atoms with E-state index in [1.807, 2.05) is 6.07 Å². The van der Waals surface area contributed by atoms with E-state index in [4.69, 9.17) is 0 Å². The number of benzene rings is 1. The first-order valence-corrected chi connectivity index (χ1v) is 8.73. The van der Waals surface area contributed by atoms with E-state index in [0.717, 1.165) is 32.7 Å². The van der Waals surface area contributed by atoms with E-state index >= 15 is 0 Å². The molecule has 8 heteroatoms. The Morgan fingerprint density at radius 2 is 1.88 bits per heavy atom. The summed E-state index contributed by atoms with van der Waals surface area (Å²) in [5.74, 6) is -0.833. The molecule has 0 bridgehead atoms. The summed E-state index contributed by atoms with van der Waals surface area (Å²) in [4.78, 5) is 41.6. The maximum Gasteiger partial charge on any atom is 0.257 e. The van der Waals surface area contributed by atoms with E-state index in [1.165, 1.54) is 6.20 Å². The predicted molar refractivity (Wildman–Crippen MR) is 99.2 cm³/mol. The summed E-state index contributed by atoms with van der Waals surface area (Å²) in [6, 6.07) is 6.98. The van der Waals surface area contributed by atoms with Crippen LogP contribution in [0.3, 0.4) is 0 Å². The molecule has 0 aliphatic carbocycles. The van der Waals surface area contributed by atoms with Gasteiger partial charge in [-0.25, -0.2) is 0 Å². The van der Waals surface area contributed by atoms with Crippen molar-refractivity contribution in [2.45, 2.75) is 0 Å². The molecule has 0 saturated carbocycles. The van der Waals surface area contributed by atoms with Gasteiger partial charge in [-0.15, -0.1) is 0 Å². The summed E-state index contributed by atoms with van der Waals surface area (Å²) < 4.78 is 0. The molecule has 1 fully saturated rings. The Labute approximate surface area is 151 Å². The molecule has 1 aromatic heterocycles. The quantitative estimate of drug-likeness (QED) is 0.546. The number of nitrogens with one attached hydrogen (secondary N) is 4. The fraction of sp³-hybridized carbons (Fsp3) is 0.389. The van der Waals surface area contributed by atoms with Gasteiger partial charge in [0.1, 0.15) is 5.56 Å². The molecular formula is C18H23N5O3. The number of amides is 2. The predicted octanol–water partition coefficient (Wildman–Crippen LogP) is -0.721. The minimum atomic E-state index is -0.561. The Morgan fingerprint density at radius 3 is 2.69 bits per heavy atom. The van der Waals surface area contributed by atoms with Gasteiger partial charge in [0.15, 0.2) is 0 Å². The molecule has 0 unspecified atom stereocenters. The second kappa shape index (κ2) is 8.59. The zero-order chi connectivity index (χ0) is 18.4. The molecule has 4 N–H and O–H groups in total. The third kappa shape index (κ3) is 4.47. The fourth-order valence-corrected chi connectivity index (χ4v) is 2.94. The van der Waals surface area contributed by atoms with Crippen LogP contribution in [0.15, 0.2) is 35.3 Å². The van der Waals surface area contributed by atoms with Gasteiger partial charge in [-0.05, 0) is 12.1 Å². The van der Waals surface area contributed by atoms with Gasteiger partial charge in [0.05, 0.1) is 6.54 Å². The van der Waals surface area contributed by atoms with Crippen LogP contribution >= 0.6 is 0 Å². The number of piperazine rings is 1. The van der Waals surface area contributed by atoms with Crippen LogP contribution in [0.2, 0.25) is 0 Å². The van der Waals surface area contributed by atoms with Crippen LogP contribution in [-0.4, -0.2) is 67.5 Å². The Hall–Kier alpha value is -2.71. The van der Waals surface area contributed by atoms with Gasteiger partial charge in [-0.3, -0.25) is 19.3 Å². The van der Waals surface area contributed by atoms with Crippen LogP contribution in [0, 0.1) is 0 Å². The highest BCUT2D eigenvalue weighted by Crippen LogP contribution is 2.06. The molecule has 2 aromatic rings. The van der Waals surface area contributed by atoms with Crippen molar-refractivity contribution in [2.24, 2.45) is 0 Å². The Bertz CT molecular complexity index is 842. The number of pyridine rings is 1. The normalized spacial score (nSPS) is 14.9. The lowest BCUT2D eigenvalue weighted by molar-refractivity contribution is -0.120. The average Bonchev–Trinajstić information content (AvgIpc) is 2.67. The molecule has 1 saturated heterocycles. The zero-order valence-electron chi connectivity index (χ0n) is 14.5. The van der Waals surface area contributed by atoms with Crippen molar-refractivity contribution in [3.05, 3.63) is 46.2 Å². The van der Waals surface area contributed by atoms with Gasteiger partial charge in [0.25, 0.3) is 5.91 Å². The number of fused-ring (bicyclic) bond motifs is 1. The minimum absolute atomic E-state index is 0.00248. The number of nitrogens with zero attached hydrogens (tertiary/aromatic N) is 1. The number of H-pyrrole nitrogens is 1. The van der Waals surface area contributed by atoms with E-state index < -0.39 is 5.91 Å². The summed E-state index contributed by atoms with van der Waals surface area (Å²) in [6.45, 7) is 5.02. The highest BCUT2D eigenvalue weighted by molar-refractivity contribution is 5.98. The number of hydrogen-bond donors (Lipinski definition) is 4. The molecule has 0 atom stereocenters. The van der Waals surface area contributed by atoms with Crippen LogP contribution in [0.1, 0.15) is 10.4 Å². The van der Waals surface area contributed by atoms with Crippen molar-refractivity contribution in [3.63, 3.8) is 0 Å². The van der Waals surface area contributed by atoms with Gasteiger partial charge in [0.2, 0.25) is 11.3 Å². The van der Waals surface area contributed by atoms with E-state index in [1.54, 1.807) is 18.2 Å². The van der Waals surface area contributed by atoms with Crippen molar-refractivity contribution in [1.82, 2.24) is 25.8 Å². The van der Waals surface area contributed by atoms with Gasteiger partial charge < -0.3 is 20.9 Å². The van der Waals surface area contributed by atoms with Gasteiger partial charge in [-0.1, -0.05) is 12.1 Å². The largest absolute Gasteiger partial charge is 0.360 e. The van der Waals surface area contributed by atoms with Crippen molar-refractivity contribution in [3.8, 4) is 0 Å². The van der Waals surface area contributed by atoms with Crippen LogP contribution < -0.4 is 21.4 Å². The van der Waals surface area contributed by atoms with Gasteiger partial charge >= 0.3 is 0 Å². The van der Waals surface area contributed by atoms with Crippen molar-refractivity contribution < 1.29 is 9.59 Å². The second-order valence-corrected chi connectivity index (χ2v) is 6.20. The fourth-order valence-electron chi connectivity index (χ4n) is 2.94. The Kier molecular flexibility index (Phi) is 5.98. The lowest BCUT2D eigenvalue weighted by Gasteiger charge is -2.27. The first-order chi connectivity index (χ1) is 12.6. The summed E-state index contributed by atoms with van der Waals surface area (Å²) >= 11 is 0. The molecule has 3 rings (SSSR count). The highest BCUT2D eigenvalue weighted by Gasteiger charge is 2.14. The maximum absolute atomic E-state index is 12.4. The smallest absolute Gasteiger partial charge is 0.257 e. The van der Waals surface area contributed by atoms with E-state index in [-0.39, 0.29) is 23.4 Å². The molecule has 0 spiro atoms. The molecular weight excluding hydrogens is 334 g/mol. The monoisotopic (exact) mass is 357 g/mol. The molecule has 1 aromatic carbocycles. The van der Waals surface area contributed by atoms with Crippen LogP contribution in [0.4, 0.5) is 0 Å². The number of hydrogen-bond acceptors (Lipinski definition) is 5. The Morgan fingerprint density at radius 1 is 1.12 bits per heavy atom. The Balaban J connectivity index is 1.48. The topological polar surface area (TPSA) is 106 Å². The number of aromatic amines is 1. The van der Waals surface area contributed by atoms with Crippen LogP contribution in [0.5, 0.6) is 0 Å². The summed E-state index contributed by atoms with van der Waals surface area (Å²) in [7, 11) is 0. The van der Waals surface area contributed by atoms with E-state index in [9.17, 15) is 14.4 Å². The third-order valence-electron chi connectivity index (χ3n) is 4.40.